The molecule has 0 amide bonds. The Kier molecular flexibility index (Phi) is 3.47. The average molecular weight is 362 g/mol. The second kappa shape index (κ2) is 5.68. The maximum atomic E-state index is 12.2. The number of ether oxygens (including phenoxy) is 4. The molecule has 6 heteroatoms. The number of hydrogen-bond donors (Lipinski definition) is 0. The molecular formula is C20H26O6. The van der Waals surface area contributed by atoms with Crippen LogP contribution in [0.3, 0.4) is 0 Å². The van der Waals surface area contributed by atoms with Crippen molar-refractivity contribution in [3.8, 4) is 0 Å². The van der Waals surface area contributed by atoms with Crippen LogP contribution in [-0.2, 0) is 28.5 Å². The average Bonchev–Trinajstić information content (AvgIpc) is 3.48. The molecule has 2 saturated heterocycles. The van der Waals surface area contributed by atoms with Gasteiger partial charge in [-0.1, -0.05) is 0 Å². The van der Waals surface area contributed by atoms with Gasteiger partial charge in [0.2, 0.25) is 0 Å². The number of hydrogen-bond acceptors (Lipinski definition) is 6. The number of fused-ring (bicyclic) bond motifs is 10. The van der Waals surface area contributed by atoms with Crippen LogP contribution in [-0.4, -0.2) is 49.6 Å². The minimum Gasteiger partial charge on any atom is -0.465 e. The molecular weight excluding hydrogens is 336 g/mol. The second-order valence-corrected chi connectivity index (χ2v) is 9.18. The summed E-state index contributed by atoms with van der Waals surface area (Å²) < 4.78 is 22.1. The number of epoxide rings is 2. The summed E-state index contributed by atoms with van der Waals surface area (Å²) in [6.45, 7) is 0.843. The third kappa shape index (κ3) is 2.37. The van der Waals surface area contributed by atoms with E-state index < -0.39 is 0 Å². The van der Waals surface area contributed by atoms with Crippen molar-refractivity contribution in [2.24, 2.45) is 35.5 Å². The molecule has 0 radical (unpaired) electrons. The molecule has 2 heterocycles. The monoisotopic (exact) mass is 362 g/mol. The Hall–Kier alpha value is -1.14. The van der Waals surface area contributed by atoms with Crippen LogP contribution in [0.1, 0.15) is 38.5 Å². The highest BCUT2D eigenvalue weighted by molar-refractivity contribution is 5.74. The van der Waals surface area contributed by atoms with Gasteiger partial charge in [-0.15, -0.1) is 0 Å². The first-order chi connectivity index (χ1) is 12.7. The number of carbonyl (C=O) groups is 2. The van der Waals surface area contributed by atoms with Gasteiger partial charge in [0.25, 0.3) is 0 Å². The van der Waals surface area contributed by atoms with Crippen molar-refractivity contribution in [2.45, 2.75) is 62.9 Å². The normalized spacial score (nSPS) is 51.1. The van der Waals surface area contributed by atoms with Gasteiger partial charge in [0.15, 0.2) is 0 Å². The summed E-state index contributed by atoms with van der Waals surface area (Å²) in [4.78, 5) is 24.5. The molecule has 0 aromatic heterocycles. The second-order valence-electron chi connectivity index (χ2n) is 9.18. The molecule has 0 aromatic carbocycles. The topological polar surface area (TPSA) is 77.7 Å². The molecule has 0 N–H and O–H groups in total. The van der Waals surface area contributed by atoms with E-state index in [0.717, 1.165) is 38.5 Å². The van der Waals surface area contributed by atoms with Crippen LogP contribution in [0, 0.1) is 35.5 Å². The maximum Gasteiger partial charge on any atom is 0.309 e. The van der Waals surface area contributed by atoms with Crippen LogP contribution in [0.25, 0.3) is 0 Å². The van der Waals surface area contributed by atoms with Crippen molar-refractivity contribution >= 4 is 11.9 Å². The molecule has 6 aliphatic rings. The number of rotatable bonds is 7. The van der Waals surface area contributed by atoms with E-state index in [0.29, 0.717) is 61.3 Å². The molecule has 2 aliphatic heterocycles. The van der Waals surface area contributed by atoms with Crippen molar-refractivity contribution < 1.29 is 28.5 Å². The molecule has 6 rings (SSSR count). The fraction of sp³-hybridized carbons (Fsp3) is 0.900. The molecule has 6 nitrogen and oxygen atoms in total. The Labute approximate surface area is 152 Å². The van der Waals surface area contributed by atoms with Gasteiger partial charge in [-0.3, -0.25) is 9.59 Å². The van der Waals surface area contributed by atoms with E-state index in [2.05, 4.69) is 0 Å². The fourth-order valence-corrected chi connectivity index (χ4v) is 6.51. The van der Waals surface area contributed by atoms with Gasteiger partial charge < -0.3 is 18.9 Å². The Balaban J connectivity index is 0.872. The highest BCUT2D eigenvalue weighted by atomic mass is 16.6. The van der Waals surface area contributed by atoms with Crippen LogP contribution in [0.2, 0.25) is 0 Å². The fourth-order valence-electron chi connectivity index (χ4n) is 6.51. The van der Waals surface area contributed by atoms with E-state index in [1.165, 1.54) is 0 Å². The van der Waals surface area contributed by atoms with E-state index in [1.54, 1.807) is 0 Å². The van der Waals surface area contributed by atoms with E-state index in [4.69, 9.17) is 18.9 Å². The Morgan fingerprint density at radius 2 is 1.15 bits per heavy atom. The van der Waals surface area contributed by atoms with Gasteiger partial charge in [-0.05, 0) is 50.4 Å². The molecule has 10 unspecified atom stereocenters. The van der Waals surface area contributed by atoms with Crippen molar-refractivity contribution in [3.63, 3.8) is 0 Å². The number of esters is 2. The summed E-state index contributed by atoms with van der Waals surface area (Å²) in [6, 6.07) is 0. The smallest absolute Gasteiger partial charge is 0.309 e. The van der Waals surface area contributed by atoms with Crippen molar-refractivity contribution in [2.75, 3.05) is 13.2 Å². The summed E-state index contributed by atoms with van der Waals surface area (Å²) in [5, 5.41) is 0. The van der Waals surface area contributed by atoms with Crippen molar-refractivity contribution in [3.05, 3.63) is 0 Å². The summed E-state index contributed by atoms with van der Waals surface area (Å²) in [5.74, 6) is 1.97. The lowest BCUT2D eigenvalue weighted by atomic mass is 9.89. The van der Waals surface area contributed by atoms with E-state index in [9.17, 15) is 9.59 Å². The molecule has 4 bridgehead atoms. The Morgan fingerprint density at radius 3 is 1.54 bits per heavy atom. The van der Waals surface area contributed by atoms with Gasteiger partial charge in [0.05, 0.1) is 49.5 Å². The molecule has 10 atom stereocenters. The lowest BCUT2D eigenvalue weighted by molar-refractivity contribution is -0.152. The highest BCUT2D eigenvalue weighted by Crippen LogP contribution is 2.59. The molecule has 26 heavy (non-hydrogen) atoms. The minimum atomic E-state index is -0.0515. The molecule has 0 spiro atoms. The largest absolute Gasteiger partial charge is 0.465 e. The third-order valence-electron chi connectivity index (χ3n) is 7.83. The van der Waals surface area contributed by atoms with E-state index >= 15 is 0 Å². The molecule has 4 aliphatic carbocycles. The SMILES string of the molecule is O=C(OCCCCOC(=O)C1CC2CC1C1OC21)C1CC2CC1C1OC21. The zero-order chi connectivity index (χ0) is 17.4. The number of carbonyl (C=O) groups excluding carboxylic acids is 2. The Bertz CT molecular complexity index is 580. The third-order valence-corrected chi connectivity index (χ3v) is 7.83. The van der Waals surface area contributed by atoms with Gasteiger partial charge in [0, 0.05) is 11.8 Å². The highest BCUT2D eigenvalue weighted by Gasteiger charge is 2.65. The predicted molar refractivity (Wildman–Crippen MR) is 87.9 cm³/mol. The molecule has 4 saturated carbocycles. The van der Waals surface area contributed by atoms with Crippen LogP contribution in [0.15, 0.2) is 0 Å². The molecule has 6 fully saturated rings. The van der Waals surface area contributed by atoms with Crippen LogP contribution < -0.4 is 0 Å². The molecule has 0 aromatic rings. The van der Waals surface area contributed by atoms with Gasteiger partial charge in [0.1, 0.15) is 0 Å². The first kappa shape index (κ1) is 15.9. The van der Waals surface area contributed by atoms with Crippen LogP contribution in [0.4, 0.5) is 0 Å². The minimum absolute atomic E-state index is 0.0489. The van der Waals surface area contributed by atoms with Gasteiger partial charge in [-0.2, -0.15) is 0 Å². The van der Waals surface area contributed by atoms with Crippen molar-refractivity contribution in [1.82, 2.24) is 0 Å². The quantitative estimate of drug-likeness (QED) is 0.390. The van der Waals surface area contributed by atoms with Gasteiger partial charge >= 0.3 is 11.9 Å². The lowest BCUT2D eigenvalue weighted by Gasteiger charge is -2.18. The summed E-state index contributed by atoms with van der Waals surface area (Å²) >= 11 is 0. The first-order valence-electron chi connectivity index (χ1n) is 10.3. The molecule has 142 valence electrons. The van der Waals surface area contributed by atoms with E-state index in [-0.39, 0.29) is 23.8 Å². The summed E-state index contributed by atoms with van der Waals surface area (Å²) in [7, 11) is 0. The van der Waals surface area contributed by atoms with Crippen LogP contribution in [0.5, 0.6) is 0 Å². The summed E-state index contributed by atoms with van der Waals surface area (Å²) in [5.41, 5.74) is 0. The lowest BCUT2D eigenvalue weighted by Crippen LogP contribution is -2.28. The standard InChI is InChI=1S/C20H26O6/c21-19(13-7-9-5-11(13)17-15(9)25-17)23-3-1-2-4-24-20(22)14-8-10-6-12(14)18-16(10)26-18/h9-18H,1-8H2. The van der Waals surface area contributed by atoms with Gasteiger partial charge in [-0.25, -0.2) is 0 Å². The van der Waals surface area contributed by atoms with E-state index in [1.807, 2.05) is 0 Å². The Morgan fingerprint density at radius 1 is 0.692 bits per heavy atom. The zero-order valence-corrected chi connectivity index (χ0v) is 14.9. The first-order valence-corrected chi connectivity index (χ1v) is 10.3. The predicted octanol–water partition coefficient (Wildman–Crippen LogP) is 1.70. The maximum absolute atomic E-state index is 12.2. The zero-order valence-electron chi connectivity index (χ0n) is 14.9. The van der Waals surface area contributed by atoms with Crippen LogP contribution >= 0.6 is 0 Å². The summed E-state index contributed by atoms with van der Waals surface area (Å²) in [6.07, 6.45) is 7.23. The van der Waals surface area contributed by atoms with Crippen molar-refractivity contribution in [1.29, 1.82) is 0 Å². The number of unbranched alkanes of at least 4 members (excludes halogenated alkanes) is 1.